The van der Waals surface area contributed by atoms with Gasteiger partial charge in [0.05, 0.1) is 12.3 Å². The Kier molecular flexibility index (Phi) is 3.10. The number of aliphatic hydroxyl groups is 1. The first kappa shape index (κ1) is 11.0. The van der Waals surface area contributed by atoms with Crippen molar-refractivity contribution < 1.29 is 9.90 Å². The summed E-state index contributed by atoms with van der Waals surface area (Å²) in [5.74, 6) is -0.0557. The SMILES string of the molecule is C[C@@H](CO)Nc1ccc2c(c1)[N]C(=O)CC2. The molecule has 1 atom stereocenters. The maximum atomic E-state index is 11.2. The average Bonchev–Trinajstić information content (AvgIpc) is 2.28. The number of benzene rings is 1. The molecule has 0 bridgehead atoms. The molecule has 1 aliphatic rings. The maximum Gasteiger partial charge on any atom is 0.246 e. The number of fused-ring (bicyclic) bond motifs is 1. The number of nitrogens with one attached hydrogen (secondary N) is 1. The molecule has 1 aromatic rings. The van der Waals surface area contributed by atoms with Crippen LogP contribution in [0, 0.1) is 0 Å². The van der Waals surface area contributed by atoms with E-state index in [0.717, 1.165) is 23.4 Å². The minimum absolute atomic E-state index is 0.00246. The van der Waals surface area contributed by atoms with Crippen LogP contribution in [0.1, 0.15) is 18.9 Å². The third kappa shape index (κ3) is 2.33. The predicted molar refractivity (Wildman–Crippen MR) is 61.7 cm³/mol. The van der Waals surface area contributed by atoms with Gasteiger partial charge in [0, 0.05) is 18.2 Å². The molecule has 0 aliphatic carbocycles. The molecule has 2 N–H and O–H groups in total. The zero-order valence-corrected chi connectivity index (χ0v) is 9.23. The summed E-state index contributed by atoms with van der Waals surface area (Å²) in [6.45, 7) is 1.97. The van der Waals surface area contributed by atoms with Gasteiger partial charge in [-0.3, -0.25) is 4.79 Å². The number of amides is 1. The summed E-state index contributed by atoms with van der Waals surface area (Å²) in [6.07, 6.45) is 1.28. The number of aliphatic hydroxyl groups excluding tert-OH is 1. The van der Waals surface area contributed by atoms with Crippen molar-refractivity contribution >= 4 is 17.3 Å². The van der Waals surface area contributed by atoms with Gasteiger partial charge >= 0.3 is 0 Å². The van der Waals surface area contributed by atoms with Gasteiger partial charge in [-0.1, -0.05) is 6.07 Å². The van der Waals surface area contributed by atoms with E-state index in [9.17, 15) is 4.79 Å². The fourth-order valence-corrected chi connectivity index (χ4v) is 1.73. The van der Waals surface area contributed by atoms with E-state index in [1.807, 2.05) is 25.1 Å². The summed E-state index contributed by atoms with van der Waals surface area (Å²) in [5, 5.41) is 16.1. The second kappa shape index (κ2) is 4.53. The molecule has 4 nitrogen and oxygen atoms in total. The normalized spacial score (nSPS) is 16.2. The second-order valence-electron chi connectivity index (χ2n) is 4.08. The molecule has 0 saturated heterocycles. The van der Waals surface area contributed by atoms with Crippen LogP contribution in [0.3, 0.4) is 0 Å². The number of aryl methyl sites for hydroxylation is 1. The molecule has 1 heterocycles. The van der Waals surface area contributed by atoms with Gasteiger partial charge in [-0.05, 0) is 31.0 Å². The Labute approximate surface area is 94.7 Å². The summed E-state index contributed by atoms with van der Waals surface area (Å²) >= 11 is 0. The lowest BCUT2D eigenvalue weighted by Gasteiger charge is -2.17. The van der Waals surface area contributed by atoms with Crippen molar-refractivity contribution in [2.45, 2.75) is 25.8 Å². The van der Waals surface area contributed by atoms with E-state index < -0.39 is 0 Å². The van der Waals surface area contributed by atoms with Gasteiger partial charge in [-0.2, -0.15) is 0 Å². The Morgan fingerprint density at radius 1 is 1.50 bits per heavy atom. The molecule has 0 fully saturated rings. The van der Waals surface area contributed by atoms with Gasteiger partial charge < -0.3 is 10.4 Å². The number of carbonyl (C=O) groups is 1. The Balaban J connectivity index is 2.18. The molecule has 1 radical (unpaired) electrons. The van der Waals surface area contributed by atoms with Crippen molar-refractivity contribution in [3.8, 4) is 0 Å². The number of nitrogens with zero attached hydrogens (tertiary/aromatic N) is 1. The molecular weight excluding hydrogens is 204 g/mol. The lowest BCUT2D eigenvalue weighted by atomic mass is 10.0. The van der Waals surface area contributed by atoms with Gasteiger partial charge in [-0.15, -0.1) is 0 Å². The van der Waals surface area contributed by atoms with Crippen molar-refractivity contribution in [3.05, 3.63) is 23.8 Å². The highest BCUT2D eigenvalue weighted by Crippen LogP contribution is 2.26. The topological polar surface area (TPSA) is 63.4 Å². The summed E-state index contributed by atoms with van der Waals surface area (Å²) in [5.41, 5.74) is 2.76. The monoisotopic (exact) mass is 219 g/mol. The number of rotatable bonds is 3. The van der Waals surface area contributed by atoms with Crippen LogP contribution in [0.25, 0.3) is 0 Å². The van der Waals surface area contributed by atoms with Crippen LogP contribution < -0.4 is 10.6 Å². The summed E-state index contributed by atoms with van der Waals surface area (Å²) in [6, 6.07) is 5.80. The molecule has 2 rings (SSSR count). The van der Waals surface area contributed by atoms with Crippen LogP contribution in [-0.4, -0.2) is 23.7 Å². The van der Waals surface area contributed by atoms with Crippen molar-refractivity contribution in [3.63, 3.8) is 0 Å². The summed E-state index contributed by atoms with van der Waals surface area (Å²) < 4.78 is 0. The number of carbonyl (C=O) groups excluding carboxylic acids is 1. The Bertz CT molecular complexity index is 404. The molecule has 0 aromatic heterocycles. The first-order chi connectivity index (χ1) is 7.69. The van der Waals surface area contributed by atoms with Gasteiger partial charge in [0.15, 0.2) is 0 Å². The van der Waals surface area contributed by atoms with Crippen LogP contribution in [-0.2, 0) is 11.2 Å². The molecule has 1 aliphatic heterocycles. The number of hydrogen-bond acceptors (Lipinski definition) is 3. The van der Waals surface area contributed by atoms with Gasteiger partial charge in [0.25, 0.3) is 0 Å². The predicted octanol–water partition coefficient (Wildman–Crippen LogP) is 1.19. The molecule has 0 saturated carbocycles. The van der Waals surface area contributed by atoms with Crippen molar-refractivity contribution in [2.24, 2.45) is 0 Å². The average molecular weight is 219 g/mol. The molecule has 1 amide bonds. The smallest absolute Gasteiger partial charge is 0.246 e. The van der Waals surface area contributed by atoms with E-state index in [4.69, 9.17) is 5.11 Å². The standard InChI is InChI=1S/C12H15N2O2/c1-8(7-15)13-10-4-2-9-3-5-12(16)14-11(9)6-10/h2,4,6,8,13,15H,3,5,7H2,1H3/t8-/m0/s1. The summed E-state index contributed by atoms with van der Waals surface area (Å²) in [4.78, 5) is 11.2. The minimum atomic E-state index is -0.0557. The van der Waals surface area contributed by atoms with Gasteiger partial charge in [-0.25, -0.2) is 5.32 Å². The molecule has 16 heavy (non-hydrogen) atoms. The van der Waals surface area contributed by atoms with E-state index in [0.29, 0.717) is 6.42 Å². The van der Waals surface area contributed by atoms with Crippen molar-refractivity contribution in [1.82, 2.24) is 5.32 Å². The fraction of sp³-hybridized carbons (Fsp3) is 0.417. The van der Waals surface area contributed by atoms with E-state index >= 15 is 0 Å². The molecule has 0 unspecified atom stereocenters. The Morgan fingerprint density at radius 2 is 2.31 bits per heavy atom. The van der Waals surface area contributed by atoms with Crippen LogP contribution in [0.2, 0.25) is 0 Å². The second-order valence-corrected chi connectivity index (χ2v) is 4.08. The molecule has 85 valence electrons. The van der Waals surface area contributed by atoms with Crippen LogP contribution in [0.5, 0.6) is 0 Å². The highest BCUT2D eigenvalue weighted by Gasteiger charge is 2.16. The Morgan fingerprint density at radius 3 is 3.06 bits per heavy atom. The zero-order valence-electron chi connectivity index (χ0n) is 9.23. The van der Waals surface area contributed by atoms with Crippen LogP contribution in [0.4, 0.5) is 11.4 Å². The maximum absolute atomic E-state index is 11.2. The van der Waals surface area contributed by atoms with E-state index in [1.165, 1.54) is 0 Å². The lowest BCUT2D eigenvalue weighted by molar-refractivity contribution is -0.120. The minimum Gasteiger partial charge on any atom is -0.394 e. The first-order valence-corrected chi connectivity index (χ1v) is 5.44. The highest BCUT2D eigenvalue weighted by molar-refractivity contribution is 5.84. The van der Waals surface area contributed by atoms with Crippen LogP contribution in [0.15, 0.2) is 18.2 Å². The first-order valence-electron chi connectivity index (χ1n) is 5.44. The van der Waals surface area contributed by atoms with Gasteiger partial charge in [0.1, 0.15) is 0 Å². The number of hydrogen-bond donors (Lipinski definition) is 2. The van der Waals surface area contributed by atoms with E-state index in [-0.39, 0.29) is 18.6 Å². The zero-order chi connectivity index (χ0) is 11.5. The van der Waals surface area contributed by atoms with E-state index in [1.54, 1.807) is 0 Å². The largest absolute Gasteiger partial charge is 0.394 e. The fourth-order valence-electron chi connectivity index (χ4n) is 1.73. The molecule has 0 spiro atoms. The van der Waals surface area contributed by atoms with Gasteiger partial charge in [0.2, 0.25) is 5.91 Å². The summed E-state index contributed by atoms with van der Waals surface area (Å²) in [7, 11) is 0. The molecular formula is C12H15N2O2. The number of anilines is 1. The Hall–Kier alpha value is -1.55. The van der Waals surface area contributed by atoms with E-state index in [2.05, 4.69) is 10.6 Å². The third-order valence-corrected chi connectivity index (χ3v) is 2.63. The van der Waals surface area contributed by atoms with Crippen molar-refractivity contribution in [2.75, 3.05) is 11.9 Å². The van der Waals surface area contributed by atoms with Crippen molar-refractivity contribution in [1.29, 1.82) is 0 Å². The van der Waals surface area contributed by atoms with Crippen LogP contribution >= 0.6 is 0 Å². The molecule has 4 heteroatoms. The lowest BCUT2D eigenvalue weighted by Crippen LogP contribution is -2.21. The molecule has 1 aromatic carbocycles. The third-order valence-electron chi connectivity index (χ3n) is 2.63. The quantitative estimate of drug-likeness (QED) is 0.802. The highest BCUT2D eigenvalue weighted by atomic mass is 16.3.